The lowest BCUT2D eigenvalue weighted by Gasteiger charge is -2.31. The Morgan fingerprint density at radius 1 is 1.25 bits per heavy atom. The van der Waals surface area contributed by atoms with E-state index in [9.17, 15) is 4.79 Å². The summed E-state index contributed by atoms with van der Waals surface area (Å²) in [6.07, 6.45) is 5.51. The summed E-state index contributed by atoms with van der Waals surface area (Å²) in [5.41, 5.74) is 2.63. The highest BCUT2D eigenvalue weighted by molar-refractivity contribution is 5.94. The summed E-state index contributed by atoms with van der Waals surface area (Å²) < 4.78 is 5.84. The topological polar surface area (TPSA) is 61.5 Å². The number of aromatic amines is 1. The summed E-state index contributed by atoms with van der Waals surface area (Å²) in [7, 11) is 4.10. The van der Waals surface area contributed by atoms with Crippen molar-refractivity contribution in [2.45, 2.75) is 64.2 Å². The Morgan fingerprint density at radius 3 is 2.62 bits per heavy atom. The maximum atomic E-state index is 13.3. The molecule has 1 aliphatic heterocycles. The van der Waals surface area contributed by atoms with Crippen molar-refractivity contribution in [2.75, 3.05) is 27.2 Å². The fraction of sp³-hybridized carbons (Fsp3) is 0.778. The van der Waals surface area contributed by atoms with Gasteiger partial charge in [0.15, 0.2) is 5.69 Å². The zero-order valence-corrected chi connectivity index (χ0v) is 15.3. The highest BCUT2D eigenvalue weighted by Gasteiger charge is 2.34. The van der Waals surface area contributed by atoms with Crippen molar-refractivity contribution in [3.05, 3.63) is 17.0 Å². The molecule has 1 aliphatic carbocycles. The molecule has 0 aromatic carbocycles. The Balaban J connectivity index is 1.84. The minimum Gasteiger partial charge on any atom is -0.369 e. The van der Waals surface area contributed by atoms with Crippen LogP contribution >= 0.6 is 0 Å². The van der Waals surface area contributed by atoms with Crippen LogP contribution in [0.15, 0.2) is 0 Å². The standard InChI is InChI=1S/C18H30N4O2/c1-12-11-15-16(13(2)24-12)19-20-17(15)18(23)22(10-9-21(3)4)14-7-5-6-8-14/h12-14H,5-11H2,1-4H3,(H,19,20)/t12-,13+/m1/s1. The number of likely N-dealkylation sites (N-methyl/N-ethyl adjacent to an activating group) is 1. The molecule has 0 spiro atoms. The molecule has 2 heterocycles. The number of fused-ring (bicyclic) bond motifs is 1. The summed E-state index contributed by atoms with van der Waals surface area (Å²) in [6, 6.07) is 0.361. The Bertz CT molecular complexity index is 578. The lowest BCUT2D eigenvalue weighted by atomic mass is 9.99. The number of carbonyl (C=O) groups excluding carboxylic acids is 1. The van der Waals surface area contributed by atoms with Gasteiger partial charge in [-0.25, -0.2) is 0 Å². The van der Waals surface area contributed by atoms with Gasteiger partial charge < -0.3 is 14.5 Å². The molecule has 2 aliphatic rings. The van der Waals surface area contributed by atoms with Crippen LogP contribution in [0.5, 0.6) is 0 Å². The second-order valence-electron chi connectivity index (χ2n) is 7.50. The molecule has 134 valence electrons. The molecule has 3 rings (SSSR count). The zero-order chi connectivity index (χ0) is 17.3. The monoisotopic (exact) mass is 334 g/mol. The minimum atomic E-state index is -0.0282. The van der Waals surface area contributed by atoms with Gasteiger partial charge in [-0.3, -0.25) is 9.89 Å². The van der Waals surface area contributed by atoms with E-state index in [1.807, 2.05) is 6.92 Å². The highest BCUT2D eigenvalue weighted by Crippen LogP contribution is 2.32. The smallest absolute Gasteiger partial charge is 0.274 e. The predicted molar refractivity (Wildman–Crippen MR) is 93.1 cm³/mol. The van der Waals surface area contributed by atoms with Gasteiger partial charge in [0.05, 0.1) is 17.9 Å². The minimum absolute atomic E-state index is 0.0282. The lowest BCUT2D eigenvalue weighted by Crippen LogP contribution is -2.43. The van der Waals surface area contributed by atoms with Crippen LogP contribution in [-0.2, 0) is 11.2 Å². The first-order chi connectivity index (χ1) is 11.5. The molecule has 6 nitrogen and oxygen atoms in total. The van der Waals surface area contributed by atoms with Crippen molar-refractivity contribution in [3.8, 4) is 0 Å². The number of amides is 1. The van der Waals surface area contributed by atoms with E-state index in [1.165, 1.54) is 12.8 Å². The van der Waals surface area contributed by atoms with E-state index in [1.54, 1.807) is 0 Å². The molecule has 1 aromatic heterocycles. The van der Waals surface area contributed by atoms with Gasteiger partial charge in [0.25, 0.3) is 5.91 Å². The molecule has 1 aromatic rings. The van der Waals surface area contributed by atoms with Crippen LogP contribution in [-0.4, -0.2) is 65.2 Å². The number of hydrogen-bond acceptors (Lipinski definition) is 4. The Hall–Kier alpha value is -1.40. The normalized spacial score (nSPS) is 24.4. The highest BCUT2D eigenvalue weighted by atomic mass is 16.5. The van der Waals surface area contributed by atoms with Crippen molar-refractivity contribution in [1.29, 1.82) is 0 Å². The van der Waals surface area contributed by atoms with E-state index in [0.717, 1.165) is 43.6 Å². The van der Waals surface area contributed by atoms with E-state index in [4.69, 9.17) is 4.74 Å². The summed E-state index contributed by atoms with van der Waals surface area (Å²) in [6.45, 7) is 5.72. The number of nitrogens with zero attached hydrogens (tertiary/aromatic N) is 3. The Labute approximate surface area is 144 Å². The average Bonchev–Trinajstić information content (AvgIpc) is 3.16. The average molecular weight is 334 g/mol. The van der Waals surface area contributed by atoms with Gasteiger partial charge in [0.1, 0.15) is 0 Å². The maximum Gasteiger partial charge on any atom is 0.274 e. The quantitative estimate of drug-likeness (QED) is 0.898. The predicted octanol–water partition coefficient (Wildman–Crippen LogP) is 2.38. The number of ether oxygens (including phenoxy) is 1. The fourth-order valence-corrected chi connectivity index (χ4v) is 3.96. The molecular weight excluding hydrogens is 304 g/mol. The number of nitrogens with one attached hydrogen (secondary N) is 1. The summed E-state index contributed by atoms with van der Waals surface area (Å²) in [5.74, 6) is 0.0857. The Kier molecular flexibility index (Phi) is 5.25. The van der Waals surface area contributed by atoms with Crippen LogP contribution in [0.25, 0.3) is 0 Å². The van der Waals surface area contributed by atoms with Crippen molar-refractivity contribution < 1.29 is 9.53 Å². The molecule has 1 N–H and O–H groups in total. The third-order valence-corrected chi connectivity index (χ3v) is 5.25. The molecule has 0 bridgehead atoms. The number of rotatable bonds is 5. The first-order valence-corrected chi connectivity index (χ1v) is 9.15. The van der Waals surface area contributed by atoms with Crippen LogP contribution in [0, 0.1) is 0 Å². The molecule has 1 saturated carbocycles. The first-order valence-electron chi connectivity index (χ1n) is 9.15. The third kappa shape index (κ3) is 3.49. The molecule has 2 atom stereocenters. The largest absolute Gasteiger partial charge is 0.369 e. The van der Waals surface area contributed by atoms with Gasteiger partial charge in [0, 0.05) is 31.1 Å². The van der Waals surface area contributed by atoms with E-state index in [0.29, 0.717) is 11.7 Å². The number of hydrogen-bond donors (Lipinski definition) is 1. The van der Waals surface area contributed by atoms with E-state index in [2.05, 4.69) is 41.0 Å². The summed E-state index contributed by atoms with van der Waals surface area (Å²) in [4.78, 5) is 17.5. The van der Waals surface area contributed by atoms with Gasteiger partial charge >= 0.3 is 0 Å². The Morgan fingerprint density at radius 2 is 1.96 bits per heavy atom. The zero-order valence-electron chi connectivity index (χ0n) is 15.3. The van der Waals surface area contributed by atoms with Crippen molar-refractivity contribution in [3.63, 3.8) is 0 Å². The van der Waals surface area contributed by atoms with Crippen LogP contribution in [0.2, 0.25) is 0 Å². The molecule has 1 amide bonds. The SMILES string of the molecule is C[C@@H]1Cc2c(C(=O)N(CCN(C)C)C3CCCC3)n[nH]c2[C@H](C)O1. The van der Waals surface area contributed by atoms with Crippen molar-refractivity contribution >= 4 is 5.91 Å². The molecule has 0 unspecified atom stereocenters. The van der Waals surface area contributed by atoms with E-state index < -0.39 is 0 Å². The van der Waals surface area contributed by atoms with Gasteiger partial charge in [0.2, 0.25) is 0 Å². The molecular formula is C18H30N4O2. The van der Waals surface area contributed by atoms with Gasteiger partial charge in [-0.05, 0) is 40.8 Å². The van der Waals surface area contributed by atoms with Crippen molar-refractivity contribution in [2.24, 2.45) is 0 Å². The molecule has 6 heteroatoms. The van der Waals surface area contributed by atoms with Crippen LogP contribution < -0.4 is 0 Å². The second-order valence-corrected chi connectivity index (χ2v) is 7.50. The van der Waals surface area contributed by atoms with Gasteiger partial charge in [-0.2, -0.15) is 5.10 Å². The summed E-state index contributed by atoms with van der Waals surface area (Å²) in [5, 5.41) is 7.45. The van der Waals surface area contributed by atoms with Gasteiger partial charge in [-0.1, -0.05) is 12.8 Å². The molecule has 0 radical (unpaired) electrons. The summed E-state index contributed by atoms with van der Waals surface area (Å²) >= 11 is 0. The van der Waals surface area contributed by atoms with Gasteiger partial charge in [-0.15, -0.1) is 0 Å². The second kappa shape index (κ2) is 7.23. The third-order valence-electron chi connectivity index (χ3n) is 5.25. The van der Waals surface area contributed by atoms with E-state index >= 15 is 0 Å². The maximum absolute atomic E-state index is 13.3. The number of aromatic nitrogens is 2. The van der Waals surface area contributed by atoms with Crippen molar-refractivity contribution in [1.82, 2.24) is 20.0 Å². The number of carbonyl (C=O) groups is 1. The molecule has 0 saturated heterocycles. The number of H-pyrrole nitrogens is 1. The van der Waals surface area contributed by atoms with Crippen LogP contribution in [0.4, 0.5) is 0 Å². The van der Waals surface area contributed by atoms with E-state index in [-0.39, 0.29) is 18.1 Å². The lowest BCUT2D eigenvalue weighted by molar-refractivity contribution is -0.00704. The fourth-order valence-electron chi connectivity index (χ4n) is 3.96. The van der Waals surface area contributed by atoms with Crippen LogP contribution in [0.3, 0.4) is 0 Å². The first kappa shape index (κ1) is 17.4. The van der Waals surface area contributed by atoms with Crippen LogP contribution in [0.1, 0.15) is 67.4 Å². The molecule has 1 fully saturated rings. The molecule has 24 heavy (non-hydrogen) atoms.